The molecule has 0 fully saturated rings. The summed E-state index contributed by atoms with van der Waals surface area (Å²) in [7, 11) is 1.76. The van der Waals surface area contributed by atoms with Crippen molar-refractivity contribution in [2.75, 3.05) is 11.9 Å². The van der Waals surface area contributed by atoms with E-state index < -0.39 is 0 Å². The SMILES string of the molecule is Cc1cn2cc(C(=O)N(C)c3ccccc3)nc2s1. The summed E-state index contributed by atoms with van der Waals surface area (Å²) >= 11 is 1.58. The van der Waals surface area contributed by atoms with Gasteiger partial charge in [0.05, 0.1) is 0 Å². The van der Waals surface area contributed by atoms with E-state index >= 15 is 0 Å². The van der Waals surface area contributed by atoms with Gasteiger partial charge in [0.2, 0.25) is 0 Å². The largest absolute Gasteiger partial charge is 0.310 e. The van der Waals surface area contributed by atoms with E-state index in [1.165, 1.54) is 4.88 Å². The molecule has 3 aromatic rings. The number of anilines is 1. The minimum Gasteiger partial charge on any atom is -0.310 e. The lowest BCUT2D eigenvalue weighted by Crippen LogP contribution is -2.26. The molecule has 1 aromatic carbocycles. The maximum Gasteiger partial charge on any atom is 0.278 e. The van der Waals surface area contributed by atoms with Gasteiger partial charge in [0.1, 0.15) is 5.69 Å². The predicted octanol–water partition coefficient (Wildman–Crippen LogP) is 2.98. The Morgan fingerprint density at radius 2 is 2.00 bits per heavy atom. The summed E-state index contributed by atoms with van der Waals surface area (Å²) in [6, 6.07) is 9.56. The molecule has 0 aliphatic carbocycles. The molecule has 0 saturated heterocycles. The summed E-state index contributed by atoms with van der Waals surface area (Å²) in [4.78, 5) is 20.4. The van der Waals surface area contributed by atoms with Crippen LogP contribution in [0, 0.1) is 6.92 Å². The average molecular weight is 271 g/mol. The van der Waals surface area contributed by atoms with Gasteiger partial charge in [-0.15, -0.1) is 11.3 Å². The normalized spacial score (nSPS) is 10.8. The maximum atomic E-state index is 12.4. The third-order valence-electron chi connectivity index (χ3n) is 2.94. The molecular weight excluding hydrogens is 258 g/mol. The third kappa shape index (κ3) is 2.13. The number of amides is 1. The van der Waals surface area contributed by atoms with Gasteiger partial charge in [0, 0.05) is 30.0 Å². The molecule has 0 N–H and O–H groups in total. The van der Waals surface area contributed by atoms with Crippen molar-refractivity contribution in [1.82, 2.24) is 9.38 Å². The fourth-order valence-corrected chi connectivity index (χ4v) is 2.76. The zero-order chi connectivity index (χ0) is 13.4. The van der Waals surface area contributed by atoms with Gasteiger partial charge in [0.25, 0.3) is 5.91 Å². The van der Waals surface area contributed by atoms with Gasteiger partial charge in [-0.2, -0.15) is 0 Å². The van der Waals surface area contributed by atoms with Gasteiger partial charge in [-0.3, -0.25) is 9.20 Å². The average Bonchev–Trinajstić information content (AvgIpc) is 2.95. The first kappa shape index (κ1) is 11.9. The molecule has 0 unspecified atom stereocenters. The number of rotatable bonds is 2. The highest BCUT2D eigenvalue weighted by atomic mass is 32.1. The standard InChI is InChI=1S/C14H13N3OS/c1-10-8-17-9-12(15-14(17)19-10)13(18)16(2)11-6-4-3-5-7-11/h3-9H,1-2H3. The molecular formula is C14H13N3OS. The fraction of sp³-hybridized carbons (Fsp3) is 0.143. The van der Waals surface area contributed by atoms with Crippen molar-refractivity contribution < 1.29 is 4.79 Å². The van der Waals surface area contributed by atoms with Crippen LogP contribution < -0.4 is 4.90 Å². The number of fused-ring (bicyclic) bond motifs is 1. The van der Waals surface area contributed by atoms with Gasteiger partial charge in [0.15, 0.2) is 4.96 Å². The van der Waals surface area contributed by atoms with Crippen molar-refractivity contribution in [3.63, 3.8) is 0 Å². The second kappa shape index (κ2) is 4.51. The number of aryl methyl sites for hydroxylation is 1. The van der Waals surface area contributed by atoms with Crippen LogP contribution in [0.2, 0.25) is 0 Å². The van der Waals surface area contributed by atoms with Crippen LogP contribution in [0.25, 0.3) is 4.96 Å². The highest BCUT2D eigenvalue weighted by Crippen LogP contribution is 2.19. The van der Waals surface area contributed by atoms with Crippen LogP contribution >= 0.6 is 11.3 Å². The molecule has 0 atom stereocenters. The summed E-state index contributed by atoms with van der Waals surface area (Å²) in [6.07, 6.45) is 3.76. The van der Waals surface area contributed by atoms with Crippen LogP contribution in [-0.2, 0) is 0 Å². The monoisotopic (exact) mass is 271 g/mol. The smallest absolute Gasteiger partial charge is 0.278 e. The minimum atomic E-state index is -0.0975. The van der Waals surface area contributed by atoms with Crippen molar-refractivity contribution in [3.8, 4) is 0 Å². The zero-order valence-corrected chi connectivity index (χ0v) is 11.5. The Hall–Kier alpha value is -2.14. The molecule has 2 aromatic heterocycles. The molecule has 19 heavy (non-hydrogen) atoms. The molecule has 3 rings (SSSR count). The Morgan fingerprint density at radius 1 is 1.26 bits per heavy atom. The fourth-order valence-electron chi connectivity index (χ4n) is 1.95. The second-order valence-corrected chi connectivity index (χ2v) is 5.57. The first-order valence-electron chi connectivity index (χ1n) is 5.93. The molecule has 1 amide bonds. The molecule has 0 saturated carbocycles. The summed E-state index contributed by atoms with van der Waals surface area (Å²) in [5.41, 5.74) is 1.33. The van der Waals surface area contributed by atoms with E-state index in [1.54, 1.807) is 29.5 Å². The number of hydrogen-bond donors (Lipinski definition) is 0. The van der Waals surface area contributed by atoms with E-state index in [9.17, 15) is 4.79 Å². The molecule has 0 radical (unpaired) electrons. The highest BCUT2D eigenvalue weighted by Gasteiger charge is 2.17. The number of para-hydroxylation sites is 1. The van der Waals surface area contributed by atoms with E-state index in [4.69, 9.17) is 0 Å². The van der Waals surface area contributed by atoms with Crippen LogP contribution in [0.3, 0.4) is 0 Å². The number of imidazole rings is 1. The summed E-state index contributed by atoms with van der Waals surface area (Å²) in [5.74, 6) is -0.0975. The number of hydrogen-bond acceptors (Lipinski definition) is 3. The van der Waals surface area contributed by atoms with Gasteiger partial charge in [-0.05, 0) is 19.1 Å². The van der Waals surface area contributed by atoms with E-state index in [1.807, 2.05) is 47.9 Å². The molecule has 0 aliphatic rings. The van der Waals surface area contributed by atoms with Crippen LogP contribution in [0.15, 0.2) is 42.7 Å². The van der Waals surface area contributed by atoms with Crippen molar-refractivity contribution in [1.29, 1.82) is 0 Å². The Labute approximate surface area is 114 Å². The Balaban J connectivity index is 1.92. The summed E-state index contributed by atoms with van der Waals surface area (Å²) in [5, 5.41) is 0. The number of carbonyl (C=O) groups excluding carboxylic acids is 1. The molecule has 0 bridgehead atoms. The van der Waals surface area contributed by atoms with Crippen LogP contribution in [0.4, 0.5) is 5.69 Å². The van der Waals surface area contributed by atoms with Crippen LogP contribution in [0.5, 0.6) is 0 Å². The number of nitrogens with zero attached hydrogens (tertiary/aromatic N) is 3. The van der Waals surface area contributed by atoms with E-state index in [-0.39, 0.29) is 5.91 Å². The quantitative estimate of drug-likeness (QED) is 0.718. The van der Waals surface area contributed by atoms with E-state index in [2.05, 4.69) is 4.98 Å². The number of carbonyl (C=O) groups is 1. The van der Waals surface area contributed by atoms with E-state index in [0.29, 0.717) is 5.69 Å². The first-order chi connectivity index (χ1) is 9.15. The Kier molecular flexibility index (Phi) is 2.83. The van der Waals surface area contributed by atoms with Crippen molar-refractivity contribution in [2.45, 2.75) is 6.92 Å². The van der Waals surface area contributed by atoms with Crippen molar-refractivity contribution in [2.24, 2.45) is 0 Å². The van der Waals surface area contributed by atoms with Crippen LogP contribution in [-0.4, -0.2) is 22.3 Å². The van der Waals surface area contributed by atoms with E-state index in [0.717, 1.165) is 10.6 Å². The van der Waals surface area contributed by atoms with Crippen molar-refractivity contribution >= 4 is 27.9 Å². The van der Waals surface area contributed by atoms with Crippen molar-refractivity contribution in [3.05, 3.63) is 53.3 Å². The highest BCUT2D eigenvalue weighted by molar-refractivity contribution is 7.17. The first-order valence-corrected chi connectivity index (χ1v) is 6.75. The lowest BCUT2D eigenvalue weighted by Gasteiger charge is -2.15. The van der Waals surface area contributed by atoms with Gasteiger partial charge in [-0.1, -0.05) is 18.2 Å². The molecule has 0 spiro atoms. The summed E-state index contributed by atoms with van der Waals surface area (Å²) in [6.45, 7) is 2.02. The van der Waals surface area contributed by atoms with Gasteiger partial charge < -0.3 is 4.90 Å². The van der Waals surface area contributed by atoms with Crippen LogP contribution in [0.1, 0.15) is 15.4 Å². The predicted molar refractivity (Wildman–Crippen MR) is 77.0 cm³/mol. The lowest BCUT2D eigenvalue weighted by atomic mass is 10.3. The number of benzene rings is 1. The van der Waals surface area contributed by atoms with Gasteiger partial charge >= 0.3 is 0 Å². The second-order valence-electron chi connectivity index (χ2n) is 4.36. The Morgan fingerprint density at radius 3 is 2.68 bits per heavy atom. The number of thiazole rings is 1. The van der Waals surface area contributed by atoms with Gasteiger partial charge in [-0.25, -0.2) is 4.98 Å². The third-order valence-corrected chi connectivity index (χ3v) is 3.85. The molecule has 5 heteroatoms. The zero-order valence-electron chi connectivity index (χ0n) is 10.7. The topological polar surface area (TPSA) is 37.6 Å². The summed E-state index contributed by atoms with van der Waals surface area (Å²) < 4.78 is 1.89. The Bertz CT molecular complexity index is 698. The lowest BCUT2D eigenvalue weighted by molar-refractivity contribution is 0.0989. The minimum absolute atomic E-state index is 0.0975. The molecule has 0 aliphatic heterocycles. The number of aromatic nitrogens is 2. The molecule has 2 heterocycles. The maximum absolute atomic E-state index is 12.4. The molecule has 4 nitrogen and oxygen atoms in total. The molecule has 96 valence electrons.